The third-order valence-electron chi connectivity index (χ3n) is 4.70. The summed E-state index contributed by atoms with van der Waals surface area (Å²) in [5, 5.41) is 0. The first-order valence-corrected chi connectivity index (χ1v) is 10.5. The number of thioether (sulfide) groups is 1. The van der Waals surface area contributed by atoms with Crippen LogP contribution < -0.4 is 0 Å². The molecule has 0 aliphatic carbocycles. The summed E-state index contributed by atoms with van der Waals surface area (Å²) in [6.45, 7) is 5.10. The van der Waals surface area contributed by atoms with Gasteiger partial charge >= 0.3 is 0 Å². The minimum Gasteiger partial charge on any atom is -0.378 e. The standard InChI is InChI=1S/C20H24N2O3S2/c1-2-15-5-7-16(8-6-15)14-17-19(24)22(20(26)27-17)9-3-4-18(23)21-10-12-25-13-11-21/h5-8,14H,2-4,9-13H2,1H3/b17-14+. The fraction of sp³-hybridized carbons (Fsp3) is 0.450. The van der Waals surface area contributed by atoms with Crippen molar-refractivity contribution in [2.45, 2.75) is 26.2 Å². The van der Waals surface area contributed by atoms with Crippen molar-refractivity contribution in [1.29, 1.82) is 0 Å². The highest BCUT2D eigenvalue weighted by Gasteiger charge is 2.31. The Balaban J connectivity index is 1.54. The molecule has 2 amide bonds. The van der Waals surface area contributed by atoms with Crippen LogP contribution in [0.4, 0.5) is 0 Å². The molecule has 1 aromatic carbocycles. The molecule has 0 atom stereocenters. The maximum atomic E-state index is 12.7. The van der Waals surface area contributed by atoms with Crippen LogP contribution in [0.15, 0.2) is 29.2 Å². The smallest absolute Gasteiger partial charge is 0.266 e. The number of amides is 2. The summed E-state index contributed by atoms with van der Waals surface area (Å²) in [6.07, 6.45) is 3.92. The monoisotopic (exact) mass is 404 g/mol. The topological polar surface area (TPSA) is 49.9 Å². The molecule has 2 aliphatic rings. The van der Waals surface area contributed by atoms with Crippen LogP contribution in [0.2, 0.25) is 0 Å². The van der Waals surface area contributed by atoms with E-state index >= 15 is 0 Å². The van der Waals surface area contributed by atoms with Crippen LogP contribution >= 0.6 is 24.0 Å². The quantitative estimate of drug-likeness (QED) is 0.539. The van der Waals surface area contributed by atoms with Crippen molar-refractivity contribution in [3.63, 3.8) is 0 Å². The van der Waals surface area contributed by atoms with E-state index in [9.17, 15) is 9.59 Å². The van der Waals surface area contributed by atoms with Crippen molar-refractivity contribution >= 4 is 46.2 Å². The zero-order valence-electron chi connectivity index (χ0n) is 15.5. The average Bonchev–Trinajstić information content (AvgIpc) is 2.96. The second-order valence-electron chi connectivity index (χ2n) is 6.53. The van der Waals surface area contributed by atoms with Gasteiger partial charge in [0.15, 0.2) is 0 Å². The molecule has 1 aromatic rings. The Hall–Kier alpha value is -1.70. The molecule has 2 aliphatic heterocycles. The second kappa shape index (κ2) is 9.48. The van der Waals surface area contributed by atoms with E-state index in [0.717, 1.165) is 12.0 Å². The highest BCUT2D eigenvalue weighted by atomic mass is 32.2. The molecule has 2 saturated heterocycles. The predicted molar refractivity (Wildman–Crippen MR) is 112 cm³/mol. The maximum absolute atomic E-state index is 12.7. The van der Waals surface area contributed by atoms with E-state index in [4.69, 9.17) is 17.0 Å². The number of benzene rings is 1. The number of ether oxygens (including phenoxy) is 1. The third-order valence-corrected chi connectivity index (χ3v) is 6.07. The normalized spacial score (nSPS) is 19.2. The van der Waals surface area contributed by atoms with Crippen LogP contribution in [0, 0.1) is 0 Å². The van der Waals surface area contributed by atoms with Crippen LogP contribution in [0.25, 0.3) is 6.08 Å². The van der Waals surface area contributed by atoms with Crippen LogP contribution in [0.3, 0.4) is 0 Å². The van der Waals surface area contributed by atoms with E-state index < -0.39 is 0 Å². The van der Waals surface area contributed by atoms with Crippen LogP contribution in [0.1, 0.15) is 30.9 Å². The first-order chi connectivity index (χ1) is 13.1. The van der Waals surface area contributed by atoms with Crippen molar-refractivity contribution < 1.29 is 14.3 Å². The van der Waals surface area contributed by atoms with Gasteiger partial charge in [0.25, 0.3) is 5.91 Å². The zero-order valence-corrected chi connectivity index (χ0v) is 17.1. The summed E-state index contributed by atoms with van der Waals surface area (Å²) in [4.78, 5) is 28.9. The van der Waals surface area contributed by atoms with Crippen LogP contribution in [-0.2, 0) is 20.7 Å². The number of hydrogen-bond acceptors (Lipinski definition) is 5. The van der Waals surface area contributed by atoms with Gasteiger partial charge in [-0.3, -0.25) is 14.5 Å². The fourth-order valence-corrected chi connectivity index (χ4v) is 4.36. The van der Waals surface area contributed by atoms with Crippen molar-refractivity contribution in [2.24, 2.45) is 0 Å². The van der Waals surface area contributed by atoms with Gasteiger partial charge in [-0.15, -0.1) is 0 Å². The Labute approximate surface area is 169 Å². The van der Waals surface area contributed by atoms with E-state index in [-0.39, 0.29) is 11.8 Å². The highest BCUT2D eigenvalue weighted by molar-refractivity contribution is 8.26. The molecule has 3 rings (SSSR count). The van der Waals surface area contributed by atoms with Crippen molar-refractivity contribution in [3.05, 3.63) is 40.3 Å². The number of morpholine rings is 1. The molecule has 144 valence electrons. The summed E-state index contributed by atoms with van der Waals surface area (Å²) in [7, 11) is 0. The summed E-state index contributed by atoms with van der Waals surface area (Å²) in [6, 6.07) is 8.19. The van der Waals surface area contributed by atoms with E-state index in [1.807, 2.05) is 23.1 Å². The molecule has 7 heteroatoms. The van der Waals surface area contributed by atoms with Crippen molar-refractivity contribution in [2.75, 3.05) is 32.8 Å². The summed E-state index contributed by atoms with van der Waals surface area (Å²) < 4.78 is 5.83. The molecule has 0 N–H and O–H groups in total. The number of aryl methyl sites for hydroxylation is 1. The number of carbonyl (C=O) groups excluding carboxylic acids is 2. The first-order valence-electron chi connectivity index (χ1n) is 9.28. The van der Waals surface area contributed by atoms with Crippen molar-refractivity contribution in [1.82, 2.24) is 9.80 Å². The Kier molecular flexibility index (Phi) is 7.04. The van der Waals surface area contributed by atoms with Gasteiger partial charge in [-0.2, -0.15) is 0 Å². The molecule has 27 heavy (non-hydrogen) atoms. The largest absolute Gasteiger partial charge is 0.378 e. The average molecular weight is 405 g/mol. The van der Waals surface area contributed by atoms with Crippen LogP contribution in [0.5, 0.6) is 0 Å². The third kappa shape index (κ3) is 5.18. The number of hydrogen-bond donors (Lipinski definition) is 0. The van der Waals surface area contributed by atoms with Gasteiger partial charge in [0.05, 0.1) is 18.1 Å². The Morgan fingerprint density at radius 1 is 1.26 bits per heavy atom. The lowest BCUT2D eigenvalue weighted by atomic mass is 10.1. The number of nitrogens with zero attached hydrogens (tertiary/aromatic N) is 2. The lowest BCUT2D eigenvalue weighted by Crippen LogP contribution is -2.41. The van der Waals surface area contributed by atoms with E-state index in [1.54, 1.807) is 4.90 Å². The molecule has 0 saturated carbocycles. The molecular weight excluding hydrogens is 380 g/mol. The van der Waals surface area contributed by atoms with Gasteiger partial charge in [-0.25, -0.2) is 0 Å². The van der Waals surface area contributed by atoms with Gasteiger partial charge < -0.3 is 9.64 Å². The van der Waals surface area contributed by atoms with Gasteiger partial charge in [0, 0.05) is 26.1 Å². The molecule has 0 unspecified atom stereocenters. The molecule has 0 aromatic heterocycles. The SMILES string of the molecule is CCc1ccc(/C=C2/SC(=S)N(CCCC(=O)N3CCOCC3)C2=O)cc1. The van der Waals surface area contributed by atoms with Crippen molar-refractivity contribution in [3.8, 4) is 0 Å². The number of thiocarbonyl (C=S) groups is 1. The van der Waals surface area contributed by atoms with Gasteiger partial charge in [0.1, 0.15) is 4.32 Å². The lowest BCUT2D eigenvalue weighted by Gasteiger charge is -2.27. The molecule has 0 radical (unpaired) electrons. The van der Waals surface area contributed by atoms with Gasteiger partial charge in [-0.05, 0) is 30.0 Å². The summed E-state index contributed by atoms with van der Waals surface area (Å²) in [5.74, 6) is 0.0543. The summed E-state index contributed by atoms with van der Waals surface area (Å²) in [5.41, 5.74) is 2.26. The molecule has 2 fully saturated rings. The Morgan fingerprint density at radius 3 is 2.63 bits per heavy atom. The number of carbonyl (C=O) groups is 2. The zero-order chi connectivity index (χ0) is 19.2. The molecular formula is C20H24N2O3S2. The summed E-state index contributed by atoms with van der Waals surface area (Å²) >= 11 is 6.70. The molecule has 5 nitrogen and oxygen atoms in total. The molecule has 0 spiro atoms. The first kappa shape index (κ1) is 20.0. The van der Waals surface area contributed by atoms with E-state index in [2.05, 4.69) is 19.1 Å². The van der Waals surface area contributed by atoms with Crippen LogP contribution in [-0.4, -0.2) is 58.8 Å². The fourth-order valence-electron chi connectivity index (χ4n) is 3.05. The molecule has 2 heterocycles. The highest BCUT2D eigenvalue weighted by Crippen LogP contribution is 2.32. The minimum atomic E-state index is -0.0663. The van der Waals surface area contributed by atoms with E-state index in [1.165, 1.54) is 17.3 Å². The Morgan fingerprint density at radius 2 is 1.96 bits per heavy atom. The second-order valence-corrected chi connectivity index (χ2v) is 8.20. The van der Waals surface area contributed by atoms with Gasteiger partial charge in [0.2, 0.25) is 5.91 Å². The maximum Gasteiger partial charge on any atom is 0.266 e. The van der Waals surface area contributed by atoms with Gasteiger partial charge in [-0.1, -0.05) is 55.2 Å². The minimum absolute atomic E-state index is 0.0663. The molecule has 0 bridgehead atoms. The predicted octanol–water partition coefficient (Wildman–Crippen LogP) is 3.09. The Bertz CT molecular complexity index is 740. The number of rotatable bonds is 6. The van der Waals surface area contributed by atoms with E-state index in [0.29, 0.717) is 54.9 Å². The lowest BCUT2D eigenvalue weighted by molar-refractivity contribution is -0.135.